The molecule has 1 aromatic carbocycles. The molecule has 0 aliphatic carbocycles. The van der Waals surface area contributed by atoms with Gasteiger partial charge in [-0.15, -0.1) is 0 Å². The Bertz CT molecular complexity index is 401. The van der Waals surface area contributed by atoms with E-state index in [2.05, 4.69) is 6.92 Å². The van der Waals surface area contributed by atoms with E-state index in [4.69, 9.17) is 14.3 Å². The average Bonchev–Trinajstić information content (AvgIpc) is 2.38. The molecule has 0 spiro atoms. The SMILES string of the molecule is CCCCC(CC)C(OP(=O)(O)O)c1ccccc1. The number of unbranched alkanes of at least 4 members (excludes halogenated alkanes) is 1. The minimum absolute atomic E-state index is 0.120. The summed E-state index contributed by atoms with van der Waals surface area (Å²) >= 11 is 0. The van der Waals surface area contributed by atoms with Crippen molar-refractivity contribution in [1.82, 2.24) is 0 Å². The molecule has 0 heterocycles. The van der Waals surface area contributed by atoms with Crippen LogP contribution in [0.25, 0.3) is 0 Å². The normalized spacial score (nSPS) is 15.2. The molecule has 19 heavy (non-hydrogen) atoms. The number of rotatable bonds is 8. The second-order valence-corrected chi connectivity index (χ2v) is 5.93. The van der Waals surface area contributed by atoms with E-state index in [0.717, 1.165) is 31.2 Å². The third kappa shape index (κ3) is 5.87. The first kappa shape index (κ1) is 16.4. The summed E-state index contributed by atoms with van der Waals surface area (Å²) in [7, 11) is -4.49. The number of hydrogen-bond donors (Lipinski definition) is 2. The molecule has 2 atom stereocenters. The van der Waals surface area contributed by atoms with E-state index in [1.807, 2.05) is 37.3 Å². The number of phosphoric ester groups is 1. The lowest BCUT2D eigenvalue weighted by molar-refractivity contribution is 0.0809. The van der Waals surface area contributed by atoms with Crippen molar-refractivity contribution >= 4 is 7.82 Å². The molecule has 0 aliphatic rings. The largest absolute Gasteiger partial charge is 0.470 e. The molecule has 0 amide bonds. The van der Waals surface area contributed by atoms with Crippen LogP contribution in [0, 0.1) is 5.92 Å². The highest BCUT2D eigenvalue weighted by atomic mass is 31.2. The van der Waals surface area contributed by atoms with Crippen LogP contribution in [0.4, 0.5) is 0 Å². The van der Waals surface area contributed by atoms with Crippen LogP contribution >= 0.6 is 7.82 Å². The molecule has 0 aliphatic heterocycles. The van der Waals surface area contributed by atoms with Crippen molar-refractivity contribution in [2.45, 2.75) is 45.6 Å². The summed E-state index contributed by atoms with van der Waals surface area (Å²) in [4.78, 5) is 18.2. The van der Waals surface area contributed by atoms with Gasteiger partial charge in [-0.25, -0.2) is 4.57 Å². The third-order valence-corrected chi connectivity index (χ3v) is 3.76. The molecule has 108 valence electrons. The molecule has 0 radical (unpaired) electrons. The molecular formula is C14H23O4P. The highest BCUT2D eigenvalue weighted by Crippen LogP contribution is 2.46. The smallest absolute Gasteiger partial charge is 0.303 e. The second kappa shape index (κ2) is 7.81. The number of hydrogen-bond acceptors (Lipinski definition) is 2. The highest BCUT2D eigenvalue weighted by molar-refractivity contribution is 7.46. The molecule has 0 fully saturated rings. The molecular weight excluding hydrogens is 263 g/mol. The fourth-order valence-corrected chi connectivity index (χ4v) is 2.84. The second-order valence-electron chi connectivity index (χ2n) is 4.74. The maximum atomic E-state index is 11.2. The van der Waals surface area contributed by atoms with Crippen LogP contribution < -0.4 is 0 Å². The highest BCUT2D eigenvalue weighted by Gasteiger charge is 2.29. The van der Waals surface area contributed by atoms with Crippen molar-refractivity contribution in [2.75, 3.05) is 0 Å². The van der Waals surface area contributed by atoms with Gasteiger partial charge in [0.1, 0.15) is 0 Å². The summed E-state index contributed by atoms with van der Waals surface area (Å²) < 4.78 is 16.2. The lowest BCUT2D eigenvalue weighted by Gasteiger charge is -2.27. The van der Waals surface area contributed by atoms with Crippen LogP contribution in [0.1, 0.15) is 51.2 Å². The van der Waals surface area contributed by atoms with Gasteiger partial charge in [0.05, 0.1) is 6.10 Å². The molecule has 0 saturated carbocycles. The maximum Gasteiger partial charge on any atom is 0.470 e. The van der Waals surface area contributed by atoms with Crippen molar-refractivity contribution in [1.29, 1.82) is 0 Å². The monoisotopic (exact) mass is 286 g/mol. The molecule has 5 heteroatoms. The summed E-state index contributed by atoms with van der Waals surface area (Å²) in [6.07, 6.45) is 3.30. The van der Waals surface area contributed by atoms with Gasteiger partial charge in [0, 0.05) is 0 Å². The van der Waals surface area contributed by atoms with Gasteiger partial charge in [-0.2, -0.15) is 0 Å². The summed E-state index contributed by atoms with van der Waals surface area (Å²) in [6.45, 7) is 4.13. The van der Waals surface area contributed by atoms with Crippen molar-refractivity contribution in [3.8, 4) is 0 Å². The maximum absolute atomic E-state index is 11.2. The molecule has 0 saturated heterocycles. The van der Waals surface area contributed by atoms with Crippen LogP contribution in [0.5, 0.6) is 0 Å². The van der Waals surface area contributed by atoms with Crippen LogP contribution in [0.3, 0.4) is 0 Å². The standard InChI is InChI=1S/C14H23O4P/c1-3-5-9-12(4-2)14(18-19(15,16)17)13-10-7-6-8-11-13/h6-8,10-12,14H,3-5,9H2,1-2H3,(H2,15,16,17). The van der Waals surface area contributed by atoms with E-state index in [1.54, 1.807) is 0 Å². The molecule has 2 unspecified atom stereocenters. The van der Waals surface area contributed by atoms with Gasteiger partial charge in [0.2, 0.25) is 0 Å². The van der Waals surface area contributed by atoms with E-state index in [-0.39, 0.29) is 5.92 Å². The zero-order valence-electron chi connectivity index (χ0n) is 11.5. The van der Waals surface area contributed by atoms with Crippen molar-refractivity contribution < 1.29 is 18.9 Å². The van der Waals surface area contributed by atoms with Gasteiger partial charge < -0.3 is 9.79 Å². The molecule has 0 aromatic heterocycles. The first-order valence-corrected chi connectivity index (χ1v) is 8.29. The van der Waals surface area contributed by atoms with E-state index < -0.39 is 13.9 Å². The molecule has 1 rings (SSSR count). The van der Waals surface area contributed by atoms with Crippen LogP contribution in [-0.2, 0) is 9.09 Å². The first-order chi connectivity index (χ1) is 8.98. The molecule has 0 bridgehead atoms. The minimum atomic E-state index is -4.49. The summed E-state index contributed by atoms with van der Waals surface area (Å²) in [5.74, 6) is 0.120. The lowest BCUT2D eigenvalue weighted by atomic mass is 9.89. The summed E-state index contributed by atoms with van der Waals surface area (Å²) in [5.41, 5.74) is 0.828. The van der Waals surface area contributed by atoms with E-state index >= 15 is 0 Å². The van der Waals surface area contributed by atoms with Gasteiger partial charge >= 0.3 is 7.82 Å². The first-order valence-electron chi connectivity index (χ1n) is 6.76. The fraction of sp³-hybridized carbons (Fsp3) is 0.571. The topological polar surface area (TPSA) is 66.8 Å². The molecule has 2 N–H and O–H groups in total. The number of phosphoric acid groups is 1. The van der Waals surface area contributed by atoms with E-state index in [9.17, 15) is 4.57 Å². The predicted octanol–water partition coefficient (Wildman–Crippen LogP) is 4.05. The zero-order valence-corrected chi connectivity index (χ0v) is 12.4. The Kier molecular flexibility index (Phi) is 6.73. The van der Waals surface area contributed by atoms with Gasteiger partial charge in [0.15, 0.2) is 0 Å². The third-order valence-electron chi connectivity index (χ3n) is 3.26. The Labute approximate surface area is 115 Å². The Hall–Kier alpha value is -0.670. The van der Waals surface area contributed by atoms with Crippen LogP contribution in [-0.4, -0.2) is 9.79 Å². The molecule has 4 nitrogen and oxygen atoms in total. The quantitative estimate of drug-likeness (QED) is 0.707. The summed E-state index contributed by atoms with van der Waals surface area (Å²) in [5, 5.41) is 0. The molecule has 1 aromatic rings. The van der Waals surface area contributed by atoms with Gasteiger partial charge in [-0.05, 0) is 17.9 Å². The number of benzene rings is 1. The summed E-state index contributed by atoms with van der Waals surface area (Å²) in [6, 6.07) is 9.31. The van der Waals surface area contributed by atoms with Gasteiger partial charge in [0.25, 0.3) is 0 Å². The Morgan fingerprint density at radius 1 is 1.21 bits per heavy atom. The minimum Gasteiger partial charge on any atom is -0.303 e. The van der Waals surface area contributed by atoms with Crippen molar-refractivity contribution in [3.05, 3.63) is 35.9 Å². The Morgan fingerprint density at radius 2 is 1.84 bits per heavy atom. The predicted molar refractivity (Wildman–Crippen MR) is 75.6 cm³/mol. The van der Waals surface area contributed by atoms with Gasteiger partial charge in [-0.1, -0.05) is 63.4 Å². The van der Waals surface area contributed by atoms with Crippen LogP contribution in [0.15, 0.2) is 30.3 Å². The fourth-order valence-electron chi connectivity index (χ4n) is 2.25. The van der Waals surface area contributed by atoms with E-state index in [1.165, 1.54) is 0 Å². The Balaban J connectivity index is 2.93. The lowest BCUT2D eigenvalue weighted by Crippen LogP contribution is -2.15. The van der Waals surface area contributed by atoms with E-state index in [0.29, 0.717) is 0 Å². The van der Waals surface area contributed by atoms with Gasteiger partial charge in [-0.3, -0.25) is 4.52 Å². The Morgan fingerprint density at radius 3 is 2.32 bits per heavy atom. The van der Waals surface area contributed by atoms with Crippen molar-refractivity contribution in [3.63, 3.8) is 0 Å². The van der Waals surface area contributed by atoms with Crippen molar-refractivity contribution in [2.24, 2.45) is 5.92 Å². The average molecular weight is 286 g/mol. The van der Waals surface area contributed by atoms with Crippen LogP contribution in [0.2, 0.25) is 0 Å². The zero-order chi connectivity index (χ0) is 14.3.